The van der Waals surface area contributed by atoms with E-state index in [1.165, 1.54) is 12.1 Å². The van der Waals surface area contributed by atoms with Gasteiger partial charge in [-0.05, 0) is 25.3 Å². The molecule has 1 aliphatic heterocycles. The Morgan fingerprint density at radius 3 is 2.96 bits per heavy atom. The van der Waals surface area contributed by atoms with Crippen LogP contribution >= 0.6 is 0 Å². The van der Waals surface area contributed by atoms with E-state index in [9.17, 15) is 10.1 Å². The highest BCUT2D eigenvalue weighted by Crippen LogP contribution is 2.25. The van der Waals surface area contributed by atoms with Crippen LogP contribution in [-0.4, -0.2) is 31.3 Å². The van der Waals surface area contributed by atoms with Crippen molar-refractivity contribution in [3.8, 4) is 11.3 Å². The smallest absolute Gasteiger partial charge is 0.271 e. The van der Waals surface area contributed by atoms with Crippen LogP contribution in [0, 0.1) is 10.1 Å². The van der Waals surface area contributed by atoms with E-state index in [4.69, 9.17) is 4.74 Å². The molecule has 1 saturated heterocycles. The maximum atomic E-state index is 10.9. The third kappa shape index (κ3) is 2.71. The normalized spacial score (nSPS) is 17.9. The second kappa shape index (κ2) is 5.97. The van der Waals surface area contributed by atoms with E-state index in [-0.39, 0.29) is 11.9 Å². The van der Waals surface area contributed by atoms with E-state index in [0.29, 0.717) is 16.7 Å². The van der Waals surface area contributed by atoms with Crippen molar-refractivity contribution in [3.05, 3.63) is 46.9 Å². The zero-order valence-electron chi connectivity index (χ0n) is 12.8. The predicted molar refractivity (Wildman–Crippen MR) is 86.3 cm³/mol. The lowest BCUT2D eigenvalue weighted by Gasteiger charge is -2.22. The third-order valence-corrected chi connectivity index (χ3v) is 4.08. The average molecular weight is 325 g/mol. The third-order valence-electron chi connectivity index (χ3n) is 4.08. The second-order valence-corrected chi connectivity index (χ2v) is 5.72. The van der Waals surface area contributed by atoms with Gasteiger partial charge in [-0.2, -0.15) is 5.10 Å². The number of ether oxygens (including phenoxy) is 1. The fourth-order valence-electron chi connectivity index (χ4n) is 2.81. The molecule has 24 heavy (non-hydrogen) atoms. The topological polar surface area (TPSA) is 96.0 Å². The summed E-state index contributed by atoms with van der Waals surface area (Å²) >= 11 is 0. The summed E-state index contributed by atoms with van der Waals surface area (Å²) in [5.41, 5.74) is 2.55. The van der Waals surface area contributed by atoms with Crippen molar-refractivity contribution >= 4 is 16.7 Å². The van der Waals surface area contributed by atoms with Gasteiger partial charge in [0.15, 0.2) is 0 Å². The first-order valence-electron chi connectivity index (χ1n) is 7.78. The zero-order valence-corrected chi connectivity index (χ0v) is 12.8. The van der Waals surface area contributed by atoms with Gasteiger partial charge in [-0.25, -0.2) is 9.67 Å². The molecular weight excluding hydrogens is 310 g/mol. The monoisotopic (exact) mass is 325 g/mol. The van der Waals surface area contributed by atoms with Crippen LogP contribution in [-0.2, 0) is 4.74 Å². The van der Waals surface area contributed by atoms with Crippen LogP contribution in [0.2, 0.25) is 0 Å². The molecule has 2 aromatic heterocycles. The Hall–Kier alpha value is -2.87. The lowest BCUT2D eigenvalue weighted by atomic mass is 10.2. The van der Waals surface area contributed by atoms with Gasteiger partial charge in [-0.15, -0.1) is 0 Å². The minimum absolute atomic E-state index is 0.000232. The van der Waals surface area contributed by atoms with Gasteiger partial charge < -0.3 is 4.74 Å². The van der Waals surface area contributed by atoms with Crippen LogP contribution in [0.4, 0.5) is 5.69 Å². The highest BCUT2D eigenvalue weighted by Gasteiger charge is 2.17. The number of fused-ring (bicyclic) bond motifs is 1. The summed E-state index contributed by atoms with van der Waals surface area (Å²) in [6.07, 6.45) is 8.35. The molecule has 0 amide bonds. The van der Waals surface area contributed by atoms with Gasteiger partial charge >= 0.3 is 0 Å². The number of rotatable bonds is 3. The number of hydrogen-bond donors (Lipinski definition) is 0. The van der Waals surface area contributed by atoms with Gasteiger partial charge in [-0.3, -0.25) is 15.1 Å². The first-order chi connectivity index (χ1) is 11.7. The Balaban J connectivity index is 1.68. The Morgan fingerprint density at radius 2 is 2.17 bits per heavy atom. The van der Waals surface area contributed by atoms with E-state index in [1.54, 1.807) is 23.1 Å². The van der Waals surface area contributed by atoms with Crippen molar-refractivity contribution in [2.75, 3.05) is 6.61 Å². The molecule has 8 nitrogen and oxygen atoms in total. The van der Waals surface area contributed by atoms with Crippen LogP contribution in [0.1, 0.15) is 25.5 Å². The predicted octanol–water partition coefficient (Wildman–Crippen LogP) is 3.10. The summed E-state index contributed by atoms with van der Waals surface area (Å²) in [4.78, 5) is 19.3. The number of nitro benzene ring substituents is 1. The van der Waals surface area contributed by atoms with Crippen molar-refractivity contribution < 1.29 is 9.66 Å². The number of nitro groups is 1. The molecule has 8 heteroatoms. The first-order valence-corrected chi connectivity index (χ1v) is 7.78. The fraction of sp³-hybridized carbons (Fsp3) is 0.312. The van der Waals surface area contributed by atoms with Gasteiger partial charge in [0.1, 0.15) is 6.23 Å². The van der Waals surface area contributed by atoms with E-state index < -0.39 is 4.92 Å². The Labute approximate surface area is 137 Å². The number of hydrogen-bond acceptors (Lipinski definition) is 6. The van der Waals surface area contributed by atoms with Gasteiger partial charge in [-0.1, -0.05) is 0 Å². The lowest BCUT2D eigenvalue weighted by Crippen LogP contribution is -2.18. The number of aromatic nitrogens is 4. The van der Waals surface area contributed by atoms with Crippen molar-refractivity contribution in [2.24, 2.45) is 0 Å². The SMILES string of the molecule is O=[N+]([O-])c1ccc2ncc(-c3cnn(C4CCCCO4)c3)nc2c1. The standard InChI is InChI=1S/C16H15N5O3/c22-21(23)12-4-5-13-14(7-12)19-15(9-17-13)11-8-18-20(10-11)16-3-1-2-6-24-16/h4-5,7-10,16H,1-3,6H2. The summed E-state index contributed by atoms with van der Waals surface area (Å²) in [7, 11) is 0. The molecule has 3 heterocycles. The van der Waals surface area contributed by atoms with E-state index >= 15 is 0 Å². The minimum atomic E-state index is -0.438. The average Bonchev–Trinajstić information content (AvgIpc) is 3.11. The highest BCUT2D eigenvalue weighted by molar-refractivity contribution is 5.79. The molecule has 0 bridgehead atoms. The first kappa shape index (κ1) is 14.7. The van der Waals surface area contributed by atoms with Gasteiger partial charge in [0.05, 0.1) is 34.0 Å². The summed E-state index contributed by atoms with van der Waals surface area (Å²) in [5, 5.41) is 15.3. The van der Waals surface area contributed by atoms with E-state index in [0.717, 1.165) is 31.4 Å². The highest BCUT2D eigenvalue weighted by atomic mass is 16.6. The van der Waals surface area contributed by atoms with Crippen molar-refractivity contribution in [2.45, 2.75) is 25.5 Å². The Bertz CT molecular complexity index is 902. The second-order valence-electron chi connectivity index (χ2n) is 5.72. The van der Waals surface area contributed by atoms with Crippen LogP contribution in [0.25, 0.3) is 22.3 Å². The largest absolute Gasteiger partial charge is 0.357 e. The van der Waals surface area contributed by atoms with Gasteiger partial charge in [0.25, 0.3) is 5.69 Å². The summed E-state index contributed by atoms with van der Waals surface area (Å²) in [6.45, 7) is 0.749. The molecular formula is C16H15N5O3. The zero-order chi connectivity index (χ0) is 16.5. The van der Waals surface area contributed by atoms with Crippen LogP contribution in [0.3, 0.4) is 0 Å². The van der Waals surface area contributed by atoms with Gasteiger partial charge in [0, 0.05) is 30.5 Å². The minimum Gasteiger partial charge on any atom is -0.357 e. The van der Waals surface area contributed by atoms with E-state index in [1.807, 2.05) is 6.20 Å². The van der Waals surface area contributed by atoms with Gasteiger partial charge in [0.2, 0.25) is 0 Å². The molecule has 1 aliphatic rings. The van der Waals surface area contributed by atoms with Crippen molar-refractivity contribution in [1.29, 1.82) is 0 Å². The number of benzene rings is 1. The molecule has 1 unspecified atom stereocenters. The molecule has 0 aliphatic carbocycles. The fourth-order valence-corrected chi connectivity index (χ4v) is 2.81. The molecule has 0 spiro atoms. The molecule has 1 atom stereocenters. The van der Waals surface area contributed by atoms with E-state index in [2.05, 4.69) is 15.1 Å². The van der Waals surface area contributed by atoms with Crippen molar-refractivity contribution in [1.82, 2.24) is 19.7 Å². The van der Waals surface area contributed by atoms with Crippen LogP contribution in [0.15, 0.2) is 36.8 Å². The summed E-state index contributed by atoms with van der Waals surface area (Å²) in [6, 6.07) is 4.46. The van der Waals surface area contributed by atoms with Crippen LogP contribution < -0.4 is 0 Å². The Morgan fingerprint density at radius 1 is 1.25 bits per heavy atom. The number of non-ortho nitro benzene ring substituents is 1. The molecule has 1 fully saturated rings. The summed E-state index contributed by atoms with van der Waals surface area (Å²) < 4.78 is 7.51. The molecule has 0 N–H and O–H groups in total. The maximum absolute atomic E-state index is 10.9. The molecule has 1 aromatic carbocycles. The quantitative estimate of drug-likeness (QED) is 0.542. The van der Waals surface area contributed by atoms with Crippen LogP contribution in [0.5, 0.6) is 0 Å². The maximum Gasteiger partial charge on any atom is 0.271 e. The molecule has 3 aromatic rings. The molecule has 0 saturated carbocycles. The number of nitrogens with zero attached hydrogens (tertiary/aromatic N) is 5. The molecule has 0 radical (unpaired) electrons. The lowest BCUT2D eigenvalue weighted by molar-refractivity contribution is -0.384. The molecule has 4 rings (SSSR count). The summed E-state index contributed by atoms with van der Waals surface area (Å²) in [5.74, 6) is 0. The molecule has 122 valence electrons. The van der Waals surface area contributed by atoms with Crippen molar-refractivity contribution in [3.63, 3.8) is 0 Å². The Kier molecular flexibility index (Phi) is 3.66.